The molecule has 0 radical (unpaired) electrons. The van der Waals surface area contributed by atoms with E-state index >= 15 is 0 Å². The largest absolute Gasteiger partial charge is 0.383 e. The predicted octanol–water partition coefficient (Wildman–Crippen LogP) is 2.10. The predicted molar refractivity (Wildman–Crippen MR) is 116 cm³/mol. The summed E-state index contributed by atoms with van der Waals surface area (Å²) in [6, 6.07) is 5.51. The number of nitrogens with zero attached hydrogens (tertiary/aromatic N) is 4. The van der Waals surface area contributed by atoms with E-state index in [1.54, 1.807) is 35.2 Å². The van der Waals surface area contributed by atoms with Gasteiger partial charge < -0.3 is 19.7 Å². The Hall–Kier alpha value is -2.82. The van der Waals surface area contributed by atoms with E-state index in [9.17, 15) is 9.59 Å². The summed E-state index contributed by atoms with van der Waals surface area (Å²) in [5.74, 6) is -0.326. The third-order valence-electron chi connectivity index (χ3n) is 5.16. The second kappa shape index (κ2) is 9.54. The topological polar surface area (TPSA) is 98.6 Å². The van der Waals surface area contributed by atoms with Gasteiger partial charge in [0.2, 0.25) is 0 Å². The Labute approximate surface area is 184 Å². The van der Waals surface area contributed by atoms with Crippen LogP contribution in [0.5, 0.6) is 0 Å². The standard InChI is InChI=1S/C21H25N5O4S/c1-3-26-9-6-15(24-26)21(28)25-10-12-30-16(13-25)17-14-5-4-7-23-20(14)31-18(17)19(27)22-8-11-29-2/h4-7,9,16H,3,8,10-13H2,1-2H3,(H,22,27)/t16-/m1/s1. The monoisotopic (exact) mass is 443 g/mol. The van der Waals surface area contributed by atoms with Gasteiger partial charge in [-0.15, -0.1) is 11.3 Å². The van der Waals surface area contributed by atoms with Crippen molar-refractivity contribution < 1.29 is 19.1 Å². The van der Waals surface area contributed by atoms with Crippen LogP contribution in [0, 0.1) is 0 Å². The molecule has 164 valence electrons. The highest BCUT2D eigenvalue weighted by Gasteiger charge is 2.32. The molecule has 31 heavy (non-hydrogen) atoms. The van der Waals surface area contributed by atoms with E-state index < -0.39 is 6.10 Å². The lowest BCUT2D eigenvalue weighted by Gasteiger charge is -2.33. The van der Waals surface area contributed by atoms with Crippen molar-refractivity contribution in [3.05, 3.63) is 46.7 Å². The lowest BCUT2D eigenvalue weighted by molar-refractivity contribution is -0.0224. The minimum absolute atomic E-state index is 0.135. The number of morpholine rings is 1. The maximum Gasteiger partial charge on any atom is 0.274 e. The first-order chi connectivity index (χ1) is 15.1. The second-order valence-electron chi connectivity index (χ2n) is 7.12. The van der Waals surface area contributed by atoms with E-state index in [0.29, 0.717) is 50.0 Å². The van der Waals surface area contributed by atoms with Gasteiger partial charge in [0, 0.05) is 50.1 Å². The van der Waals surface area contributed by atoms with Crippen molar-refractivity contribution in [3.63, 3.8) is 0 Å². The average molecular weight is 444 g/mol. The molecule has 1 aliphatic rings. The van der Waals surface area contributed by atoms with Gasteiger partial charge in [-0.05, 0) is 19.1 Å². The summed E-state index contributed by atoms with van der Waals surface area (Å²) in [6.45, 7) is 4.72. The van der Waals surface area contributed by atoms with Crippen LogP contribution in [0.15, 0.2) is 30.6 Å². The molecule has 1 saturated heterocycles. The van der Waals surface area contributed by atoms with E-state index in [0.717, 1.165) is 15.8 Å². The summed E-state index contributed by atoms with van der Waals surface area (Å²) < 4.78 is 12.8. The molecule has 4 heterocycles. The number of pyridine rings is 1. The third-order valence-corrected chi connectivity index (χ3v) is 6.29. The molecule has 4 rings (SSSR count). The fourth-order valence-corrected chi connectivity index (χ4v) is 4.72. The minimum Gasteiger partial charge on any atom is -0.383 e. The number of ether oxygens (including phenoxy) is 2. The van der Waals surface area contributed by atoms with E-state index in [-0.39, 0.29) is 11.8 Å². The molecule has 1 fully saturated rings. The summed E-state index contributed by atoms with van der Waals surface area (Å²) in [5.41, 5.74) is 1.19. The Morgan fingerprint density at radius 2 is 2.26 bits per heavy atom. The fraction of sp³-hybridized carbons (Fsp3) is 0.429. The first-order valence-electron chi connectivity index (χ1n) is 10.2. The van der Waals surface area contributed by atoms with Crippen molar-refractivity contribution in [1.82, 2.24) is 25.0 Å². The second-order valence-corrected chi connectivity index (χ2v) is 8.12. The van der Waals surface area contributed by atoms with Crippen LogP contribution in [-0.4, -0.2) is 71.4 Å². The Morgan fingerprint density at radius 3 is 3.03 bits per heavy atom. The van der Waals surface area contributed by atoms with Gasteiger partial charge in [-0.1, -0.05) is 6.07 Å². The Balaban J connectivity index is 1.61. The van der Waals surface area contributed by atoms with Crippen LogP contribution >= 0.6 is 11.3 Å². The normalized spacial score (nSPS) is 16.6. The number of aromatic nitrogens is 3. The third kappa shape index (κ3) is 4.46. The van der Waals surface area contributed by atoms with Crippen molar-refractivity contribution in [2.45, 2.75) is 19.6 Å². The number of hydrogen-bond acceptors (Lipinski definition) is 7. The average Bonchev–Trinajstić information content (AvgIpc) is 3.43. The highest BCUT2D eigenvalue weighted by Crippen LogP contribution is 2.37. The number of hydrogen-bond donors (Lipinski definition) is 1. The van der Waals surface area contributed by atoms with Crippen LogP contribution < -0.4 is 5.32 Å². The van der Waals surface area contributed by atoms with Crippen LogP contribution in [0.3, 0.4) is 0 Å². The lowest BCUT2D eigenvalue weighted by Crippen LogP contribution is -2.42. The number of fused-ring (bicyclic) bond motifs is 1. The van der Waals surface area contributed by atoms with Crippen molar-refractivity contribution in [3.8, 4) is 0 Å². The van der Waals surface area contributed by atoms with E-state index in [2.05, 4.69) is 15.4 Å². The first kappa shape index (κ1) is 21.4. The number of methoxy groups -OCH3 is 1. The Morgan fingerprint density at radius 1 is 1.39 bits per heavy atom. The quantitative estimate of drug-likeness (QED) is 0.562. The molecule has 0 saturated carbocycles. The van der Waals surface area contributed by atoms with Crippen molar-refractivity contribution in [1.29, 1.82) is 0 Å². The Bertz CT molecular complexity index is 1080. The van der Waals surface area contributed by atoms with Gasteiger partial charge in [-0.25, -0.2) is 4.98 Å². The zero-order valence-corrected chi connectivity index (χ0v) is 18.4. The maximum atomic E-state index is 13.0. The zero-order chi connectivity index (χ0) is 21.8. The van der Waals surface area contributed by atoms with Crippen LogP contribution in [0.25, 0.3) is 10.2 Å². The van der Waals surface area contributed by atoms with E-state index in [1.807, 2.05) is 19.1 Å². The molecule has 0 aromatic carbocycles. The molecule has 0 aliphatic carbocycles. The molecule has 1 atom stereocenters. The molecule has 0 spiro atoms. The molecule has 0 bridgehead atoms. The summed E-state index contributed by atoms with van der Waals surface area (Å²) in [5, 5.41) is 8.08. The van der Waals surface area contributed by atoms with Gasteiger partial charge in [0.15, 0.2) is 0 Å². The van der Waals surface area contributed by atoms with Crippen LogP contribution in [0.2, 0.25) is 0 Å². The molecule has 10 heteroatoms. The highest BCUT2D eigenvalue weighted by atomic mass is 32.1. The number of thiophene rings is 1. The van der Waals surface area contributed by atoms with Crippen LogP contribution in [0.1, 0.15) is 38.8 Å². The summed E-state index contributed by atoms with van der Waals surface area (Å²) in [4.78, 5) is 33.4. The maximum absolute atomic E-state index is 13.0. The van der Waals surface area contributed by atoms with Crippen molar-refractivity contribution >= 4 is 33.4 Å². The molecular weight excluding hydrogens is 418 g/mol. The smallest absolute Gasteiger partial charge is 0.274 e. The SMILES string of the molecule is CCn1ccc(C(=O)N2CCO[C@@H](c3c(C(=O)NCCOC)sc4ncccc34)C2)n1. The first-order valence-corrected chi connectivity index (χ1v) is 11.0. The molecule has 0 unspecified atom stereocenters. The summed E-state index contributed by atoms with van der Waals surface area (Å²) in [6.07, 6.45) is 3.08. The zero-order valence-electron chi connectivity index (χ0n) is 17.5. The van der Waals surface area contributed by atoms with E-state index in [1.165, 1.54) is 11.3 Å². The number of aryl methyl sites for hydroxylation is 1. The minimum atomic E-state index is -0.424. The summed E-state index contributed by atoms with van der Waals surface area (Å²) in [7, 11) is 1.59. The van der Waals surface area contributed by atoms with Crippen LogP contribution in [-0.2, 0) is 16.0 Å². The van der Waals surface area contributed by atoms with Gasteiger partial charge in [0.25, 0.3) is 11.8 Å². The van der Waals surface area contributed by atoms with Gasteiger partial charge in [-0.3, -0.25) is 14.3 Å². The molecule has 3 aromatic heterocycles. The molecule has 1 aliphatic heterocycles. The van der Waals surface area contributed by atoms with Gasteiger partial charge in [0.05, 0.1) is 19.8 Å². The number of carbonyl (C=O) groups excluding carboxylic acids is 2. The number of carbonyl (C=O) groups is 2. The van der Waals surface area contributed by atoms with E-state index in [4.69, 9.17) is 9.47 Å². The molecule has 1 N–H and O–H groups in total. The molecule has 3 aromatic rings. The Kier molecular flexibility index (Phi) is 6.59. The number of nitrogens with one attached hydrogen (secondary N) is 1. The fourth-order valence-electron chi connectivity index (χ4n) is 3.61. The van der Waals surface area contributed by atoms with Gasteiger partial charge in [0.1, 0.15) is 21.5 Å². The highest BCUT2D eigenvalue weighted by molar-refractivity contribution is 7.20. The molecule has 2 amide bonds. The van der Waals surface area contributed by atoms with Crippen LogP contribution in [0.4, 0.5) is 0 Å². The number of amides is 2. The lowest BCUT2D eigenvalue weighted by atomic mass is 10.0. The number of rotatable bonds is 7. The molecular formula is C21H25N5O4S. The van der Waals surface area contributed by atoms with Crippen molar-refractivity contribution in [2.75, 3.05) is 40.0 Å². The summed E-state index contributed by atoms with van der Waals surface area (Å²) >= 11 is 1.33. The van der Waals surface area contributed by atoms with Crippen molar-refractivity contribution in [2.24, 2.45) is 0 Å². The van der Waals surface area contributed by atoms with Gasteiger partial charge >= 0.3 is 0 Å². The van der Waals surface area contributed by atoms with Gasteiger partial charge in [-0.2, -0.15) is 5.10 Å². The molecule has 9 nitrogen and oxygen atoms in total.